The average Bonchev–Trinajstić information content (AvgIpc) is 2.66. The fourth-order valence-electron chi connectivity index (χ4n) is 1.43. The molecule has 1 heterocycles. The standard InChI is InChI=1S/C9H9N3O3/c1-10-11-7-2-3-8(12(13)14)9-6(7)4-5-15-9/h2-5,10-11H,1H3. The van der Waals surface area contributed by atoms with Crippen molar-refractivity contribution in [1.29, 1.82) is 0 Å². The number of nitro groups is 1. The number of rotatable bonds is 3. The summed E-state index contributed by atoms with van der Waals surface area (Å²) in [6, 6.07) is 4.72. The van der Waals surface area contributed by atoms with Gasteiger partial charge in [-0.15, -0.1) is 0 Å². The summed E-state index contributed by atoms with van der Waals surface area (Å²) in [5.41, 5.74) is 6.61. The van der Waals surface area contributed by atoms with Gasteiger partial charge in [-0.25, -0.2) is 5.43 Å². The Kier molecular flexibility index (Phi) is 2.26. The van der Waals surface area contributed by atoms with Crippen LogP contribution in [0.3, 0.4) is 0 Å². The maximum Gasteiger partial charge on any atom is 0.312 e. The van der Waals surface area contributed by atoms with Crippen molar-refractivity contribution in [1.82, 2.24) is 5.43 Å². The van der Waals surface area contributed by atoms with Crippen LogP contribution < -0.4 is 10.9 Å². The molecule has 0 spiro atoms. The van der Waals surface area contributed by atoms with Gasteiger partial charge in [-0.3, -0.25) is 10.1 Å². The Morgan fingerprint density at radius 1 is 1.40 bits per heavy atom. The first-order valence-corrected chi connectivity index (χ1v) is 4.31. The number of fused-ring (bicyclic) bond motifs is 1. The number of hydrogen-bond acceptors (Lipinski definition) is 5. The number of hydrazine groups is 1. The molecule has 15 heavy (non-hydrogen) atoms. The maximum atomic E-state index is 10.7. The van der Waals surface area contributed by atoms with E-state index in [4.69, 9.17) is 4.42 Å². The van der Waals surface area contributed by atoms with E-state index in [1.54, 1.807) is 19.2 Å². The number of nitro benzene ring substituents is 1. The number of nitrogens with one attached hydrogen (secondary N) is 2. The molecular weight excluding hydrogens is 198 g/mol. The predicted octanol–water partition coefficient (Wildman–Crippen LogP) is 1.89. The number of anilines is 1. The zero-order valence-corrected chi connectivity index (χ0v) is 7.98. The molecule has 0 amide bonds. The lowest BCUT2D eigenvalue weighted by Crippen LogP contribution is -2.14. The first-order valence-electron chi connectivity index (χ1n) is 4.31. The summed E-state index contributed by atoms with van der Waals surface area (Å²) < 4.78 is 5.09. The van der Waals surface area contributed by atoms with Crippen molar-refractivity contribution in [2.24, 2.45) is 0 Å². The number of non-ortho nitro benzene ring substituents is 1. The molecule has 0 fully saturated rings. The molecule has 0 saturated carbocycles. The highest BCUT2D eigenvalue weighted by atomic mass is 16.6. The molecule has 0 aliphatic carbocycles. The average molecular weight is 207 g/mol. The lowest BCUT2D eigenvalue weighted by atomic mass is 10.2. The van der Waals surface area contributed by atoms with Crippen molar-refractivity contribution < 1.29 is 9.34 Å². The first kappa shape index (κ1) is 9.47. The minimum Gasteiger partial charge on any atom is -0.457 e. The minimum atomic E-state index is -0.463. The Morgan fingerprint density at radius 3 is 2.87 bits per heavy atom. The zero-order valence-electron chi connectivity index (χ0n) is 7.98. The first-order chi connectivity index (χ1) is 7.24. The van der Waals surface area contributed by atoms with E-state index in [0.717, 1.165) is 5.69 Å². The molecule has 78 valence electrons. The lowest BCUT2D eigenvalue weighted by molar-refractivity contribution is -0.383. The number of benzene rings is 1. The molecule has 0 bridgehead atoms. The molecule has 6 heteroatoms. The third kappa shape index (κ3) is 1.50. The van der Waals surface area contributed by atoms with Gasteiger partial charge in [-0.05, 0) is 12.1 Å². The summed E-state index contributed by atoms with van der Waals surface area (Å²) >= 11 is 0. The van der Waals surface area contributed by atoms with Crippen LogP contribution in [0.15, 0.2) is 28.9 Å². The van der Waals surface area contributed by atoms with Crippen LogP contribution in [0.5, 0.6) is 0 Å². The van der Waals surface area contributed by atoms with Gasteiger partial charge in [-0.1, -0.05) is 0 Å². The van der Waals surface area contributed by atoms with Crippen LogP contribution in [-0.2, 0) is 0 Å². The van der Waals surface area contributed by atoms with E-state index in [1.165, 1.54) is 12.3 Å². The van der Waals surface area contributed by atoms with E-state index in [0.29, 0.717) is 5.39 Å². The highest BCUT2D eigenvalue weighted by Crippen LogP contribution is 2.31. The lowest BCUT2D eigenvalue weighted by Gasteiger charge is -2.04. The van der Waals surface area contributed by atoms with Gasteiger partial charge in [-0.2, -0.15) is 0 Å². The molecule has 0 aliphatic heterocycles. The van der Waals surface area contributed by atoms with Gasteiger partial charge in [0.1, 0.15) is 0 Å². The summed E-state index contributed by atoms with van der Waals surface area (Å²) in [6.45, 7) is 0. The highest BCUT2D eigenvalue weighted by Gasteiger charge is 2.16. The summed E-state index contributed by atoms with van der Waals surface area (Å²) in [4.78, 5) is 10.2. The minimum absolute atomic E-state index is 0.0309. The van der Waals surface area contributed by atoms with Gasteiger partial charge < -0.3 is 9.84 Å². The Balaban J connectivity index is 2.65. The van der Waals surface area contributed by atoms with E-state index in [1.807, 2.05) is 0 Å². The van der Waals surface area contributed by atoms with Crippen LogP contribution in [0, 0.1) is 10.1 Å². The molecule has 0 radical (unpaired) electrons. The van der Waals surface area contributed by atoms with Crippen molar-refractivity contribution in [3.63, 3.8) is 0 Å². The smallest absolute Gasteiger partial charge is 0.312 e. The van der Waals surface area contributed by atoms with Gasteiger partial charge in [0.25, 0.3) is 0 Å². The fraction of sp³-hybridized carbons (Fsp3) is 0.111. The number of furan rings is 1. The summed E-state index contributed by atoms with van der Waals surface area (Å²) in [5.74, 6) is 0. The highest BCUT2D eigenvalue weighted by molar-refractivity contribution is 5.95. The second kappa shape index (κ2) is 3.58. The van der Waals surface area contributed by atoms with Crippen molar-refractivity contribution in [2.45, 2.75) is 0 Å². The second-order valence-corrected chi connectivity index (χ2v) is 2.93. The molecule has 0 aliphatic rings. The fourth-order valence-corrected chi connectivity index (χ4v) is 1.43. The van der Waals surface area contributed by atoms with Crippen LogP contribution in [0.25, 0.3) is 11.0 Å². The summed E-state index contributed by atoms with van der Waals surface area (Å²) in [6.07, 6.45) is 1.43. The number of nitrogens with zero attached hydrogens (tertiary/aromatic N) is 1. The van der Waals surface area contributed by atoms with Crippen LogP contribution >= 0.6 is 0 Å². The molecule has 0 unspecified atom stereocenters. The molecule has 0 atom stereocenters. The number of hydrogen-bond donors (Lipinski definition) is 2. The van der Waals surface area contributed by atoms with Crippen molar-refractivity contribution in [3.05, 3.63) is 34.6 Å². The Bertz CT molecular complexity index is 506. The summed E-state index contributed by atoms with van der Waals surface area (Å²) in [5, 5.41) is 11.4. The monoisotopic (exact) mass is 207 g/mol. The molecule has 6 nitrogen and oxygen atoms in total. The normalized spacial score (nSPS) is 10.5. The molecule has 1 aromatic heterocycles. The molecule has 0 saturated heterocycles. The zero-order chi connectivity index (χ0) is 10.8. The van der Waals surface area contributed by atoms with Crippen LogP contribution in [0.2, 0.25) is 0 Å². The topological polar surface area (TPSA) is 80.3 Å². The Hall–Kier alpha value is -2.08. The molecular formula is C9H9N3O3. The van der Waals surface area contributed by atoms with Crippen LogP contribution in [0.1, 0.15) is 0 Å². The van der Waals surface area contributed by atoms with Gasteiger partial charge >= 0.3 is 5.69 Å². The van der Waals surface area contributed by atoms with E-state index >= 15 is 0 Å². The third-order valence-electron chi connectivity index (χ3n) is 2.05. The van der Waals surface area contributed by atoms with Gasteiger partial charge in [0, 0.05) is 13.1 Å². The molecule has 2 rings (SSSR count). The van der Waals surface area contributed by atoms with Crippen molar-refractivity contribution >= 4 is 22.3 Å². The quantitative estimate of drug-likeness (QED) is 0.593. The van der Waals surface area contributed by atoms with E-state index in [9.17, 15) is 10.1 Å². The van der Waals surface area contributed by atoms with Gasteiger partial charge in [0.15, 0.2) is 0 Å². The maximum absolute atomic E-state index is 10.7. The van der Waals surface area contributed by atoms with E-state index in [2.05, 4.69) is 10.9 Å². The predicted molar refractivity (Wildman–Crippen MR) is 55.6 cm³/mol. The van der Waals surface area contributed by atoms with E-state index < -0.39 is 4.92 Å². The van der Waals surface area contributed by atoms with Crippen molar-refractivity contribution in [2.75, 3.05) is 12.5 Å². The van der Waals surface area contributed by atoms with Crippen LogP contribution in [-0.4, -0.2) is 12.0 Å². The molecule has 1 aromatic carbocycles. The van der Waals surface area contributed by atoms with Crippen LogP contribution in [0.4, 0.5) is 11.4 Å². The Morgan fingerprint density at radius 2 is 2.20 bits per heavy atom. The van der Waals surface area contributed by atoms with Gasteiger partial charge in [0.2, 0.25) is 5.58 Å². The third-order valence-corrected chi connectivity index (χ3v) is 2.05. The van der Waals surface area contributed by atoms with Gasteiger partial charge in [0.05, 0.1) is 22.3 Å². The molecule has 2 N–H and O–H groups in total. The van der Waals surface area contributed by atoms with Crippen molar-refractivity contribution in [3.8, 4) is 0 Å². The Labute approximate surface area is 85.0 Å². The largest absolute Gasteiger partial charge is 0.457 e. The summed E-state index contributed by atoms with van der Waals surface area (Å²) in [7, 11) is 1.72. The second-order valence-electron chi connectivity index (χ2n) is 2.93. The van der Waals surface area contributed by atoms with E-state index in [-0.39, 0.29) is 11.3 Å². The SMILES string of the molecule is CNNc1ccc([N+](=O)[O-])c2occc12. The molecule has 2 aromatic rings.